The Morgan fingerprint density at radius 2 is 2.00 bits per heavy atom. The first-order valence-corrected chi connectivity index (χ1v) is 9.29. The highest BCUT2D eigenvalue weighted by atomic mass is 32.1. The van der Waals surface area contributed by atoms with E-state index in [-0.39, 0.29) is 0 Å². The molecule has 21 heavy (non-hydrogen) atoms. The van der Waals surface area contributed by atoms with Gasteiger partial charge in [0.2, 0.25) is 0 Å². The topological polar surface area (TPSA) is 12.0 Å². The number of hydrogen-bond donors (Lipinski definition) is 1. The number of rotatable bonds is 6. The van der Waals surface area contributed by atoms with Gasteiger partial charge in [-0.1, -0.05) is 43.9 Å². The molecule has 2 heteroatoms. The molecule has 0 aliphatic heterocycles. The third kappa shape index (κ3) is 3.49. The molecule has 1 aliphatic rings. The van der Waals surface area contributed by atoms with Crippen molar-refractivity contribution in [2.75, 3.05) is 6.54 Å². The maximum absolute atomic E-state index is 3.74. The Morgan fingerprint density at radius 1 is 1.24 bits per heavy atom. The third-order valence-electron chi connectivity index (χ3n) is 4.99. The summed E-state index contributed by atoms with van der Waals surface area (Å²) in [7, 11) is 0. The highest BCUT2D eigenvalue weighted by Crippen LogP contribution is 2.34. The van der Waals surface area contributed by atoms with Crippen LogP contribution in [0.3, 0.4) is 0 Å². The van der Waals surface area contributed by atoms with Gasteiger partial charge in [-0.3, -0.25) is 0 Å². The molecular formula is C19H27NS. The van der Waals surface area contributed by atoms with E-state index in [9.17, 15) is 0 Å². The van der Waals surface area contributed by atoms with Gasteiger partial charge in [-0.2, -0.15) is 0 Å². The Bertz CT molecular complexity index is 580. The lowest BCUT2D eigenvalue weighted by atomic mass is 10.0. The lowest BCUT2D eigenvalue weighted by Gasteiger charge is -2.14. The van der Waals surface area contributed by atoms with Gasteiger partial charge in [-0.05, 0) is 56.2 Å². The van der Waals surface area contributed by atoms with E-state index in [1.807, 2.05) is 11.3 Å². The SMILES string of the molecule is Cc1c(C(C)NCCCC2CCCC2)sc2ccccc12. The van der Waals surface area contributed by atoms with Gasteiger partial charge in [0.1, 0.15) is 0 Å². The van der Waals surface area contributed by atoms with E-state index in [0.717, 1.165) is 12.5 Å². The van der Waals surface area contributed by atoms with E-state index >= 15 is 0 Å². The Morgan fingerprint density at radius 3 is 2.76 bits per heavy atom. The summed E-state index contributed by atoms with van der Waals surface area (Å²) in [6.07, 6.45) is 8.64. The van der Waals surface area contributed by atoms with E-state index in [0.29, 0.717) is 6.04 Å². The first kappa shape index (κ1) is 15.1. The van der Waals surface area contributed by atoms with Crippen molar-refractivity contribution in [3.63, 3.8) is 0 Å². The molecule has 1 aromatic heterocycles. The molecule has 1 unspecified atom stereocenters. The normalized spacial score (nSPS) is 17.6. The molecule has 1 atom stereocenters. The van der Waals surface area contributed by atoms with Crippen LogP contribution in [0.1, 0.15) is 61.9 Å². The summed E-state index contributed by atoms with van der Waals surface area (Å²) in [5.41, 5.74) is 1.46. The van der Waals surface area contributed by atoms with Gasteiger partial charge in [0.05, 0.1) is 0 Å². The van der Waals surface area contributed by atoms with Crippen molar-refractivity contribution in [3.8, 4) is 0 Å². The van der Waals surface area contributed by atoms with Gasteiger partial charge in [-0.25, -0.2) is 0 Å². The van der Waals surface area contributed by atoms with E-state index < -0.39 is 0 Å². The van der Waals surface area contributed by atoms with Crippen molar-refractivity contribution in [1.82, 2.24) is 5.32 Å². The molecule has 114 valence electrons. The number of nitrogens with one attached hydrogen (secondary N) is 1. The minimum absolute atomic E-state index is 0.478. The van der Waals surface area contributed by atoms with Gasteiger partial charge in [0.15, 0.2) is 0 Å². The summed E-state index contributed by atoms with van der Waals surface area (Å²) in [6, 6.07) is 9.25. The molecule has 1 N–H and O–H groups in total. The van der Waals surface area contributed by atoms with Crippen LogP contribution in [0.4, 0.5) is 0 Å². The Labute approximate surface area is 132 Å². The zero-order valence-corrected chi connectivity index (χ0v) is 14.1. The molecule has 1 aromatic carbocycles. The molecule has 0 saturated heterocycles. The minimum atomic E-state index is 0.478. The molecule has 1 aliphatic carbocycles. The van der Waals surface area contributed by atoms with Crippen molar-refractivity contribution in [2.24, 2.45) is 5.92 Å². The fraction of sp³-hybridized carbons (Fsp3) is 0.579. The molecular weight excluding hydrogens is 274 g/mol. The van der Waals surface area contributed by atoms with Crippen LogP contribution in [-0.4, -0.2) is 6.54 Å². The first-order chi connectivity index (χ1) is 10.3. The number of benzene rings is 1. The smallest absolute Gasteiger partial charge is 0.0389 e. The maximum Gasteiger partial charge on any atom is 0.0389 e. The van der Waals surface area contributed by atoms with E-state index in [1.165, 1.54) is 59.1 Å². The molecule has 3 rings (SSSR count). The summed E-state index contributed by atoms with van der Waals surface area (Å²) in [6.45, 7) is 5.74. The zero-order valence-electron chi connectivity index (χ0n) is 13.3. The molecule has 1 nitrogen and oxygen atoms in total. The number of thiophene rings is 1. The third-order valence-corrected chi connectivity index (χ3v) is 6.44. The van der Waals surface area contributed by atoms with Crippen molar-refractivity contribution < 1.29 is 0 Å². The molecule has 1 heterocycles. The van der Waals surface area contributed by atoms with Gasteiger partial charge in [0, 0.05) is 15.6 Å². The maximum atomic E-state index is 3.74. The summed E-state index contributed by atoms with van der Waals surface area (Å²) in [4.78, 5) is 1.51. The number of hydrogen-bond acceptors (Lipinski definition) is 2. The second-order valence-electron chi connectivity index (χ2n) is 6.56. The highest BCUT2D eigenvalue weighted by molar-refractivity contribution is 7.19. The van der Waals surface area contributed by atoms with E-state index in [4.69, 9.17) is 0 Å². The van der Waals surface area contributed by atoms with Crippen LogP contribution < -0.4 is 5.32 Å². The van der Waals surface area contributed by atoms with Gasteiger partial charge >= 0.3 is 0 Å². The predicted molar refractivity (Wildman–Crippen MR) is 94.2 cm³/mol. The molecule has 0 bridgehead atoms. The molecule has 0 radical (unpaired) electrons. The molecule has 0 amide bonds. The average molecular weight is 301 g/mol. The van der Waals surface area contributed by atoms with Crippen molar-refractivity contribution in [1.29, 1.82) is 0 Å². The molecule has 1 fully saturated rings. The van der Waals surface area contributed by atoms with Crippen LogP contribution >= 0.6 is 11.3 Å². The fourth-order valence-electron chi connectivity index (χ4n) is 3.71. The summed E-state index contributed by atoms with van der Waals surface area (Å²) in [5.74, 6) is 1.02. The molecule has 1 saturated carbocycles. The zero-order chi connectivity index (χ0) is 14.7. The van der Waals surface area contributed by atoms with Crippen molar-refractivity contribution in [3.05, 3.63) is 34.7 Å². The van der Waals surface area contributed by atoms with Crippen LogP contribution in [0.5, 0.6) is 0 Å². The molecule has 0 spiro atoms. The average Bonchev–Trinajstić information content (AvgIpc) is 3.12. The van der Waals surface area contributed by atoms with Crippen LogP contribution in [0, 0.1) is 12.8 Å². The number of aryl methyl sites for hydroxylation is 1. The van der Waals surface area contributed by atoms with Crippen molar-refractivity contribution >= 4 is 21.4 Å². The fourth-order valence-corrected chi connectivity index (χ4v) is 4.95. The largest absolute Gasteiger partial charge is 0.309 e. The van der Waals surface area contributed by atoms with Crippen LogP contribution in [-0.2, 0) is 0 Å². The Kier molecular flexibility index (Phi) is 4.97. The monoisotopic (exact) mass is 301 g/mol. The standard InChI is InChI=1S/C19H27NS/c1-14-17-11-5-6-12-18(17)21-19(14)15(2)20-13-7-10-16-8-3-4-9-16/h5-6,11-12,15-16,20H,3-4,7-10,13H2,1-2H3. The minimum Gasteiger partial charge on any atom is -0.309 e. The number of fused-ring (bicyclic) bond motifs is 1. The lowest BCUT2D eigenvalue weighted by molar-refractivity contribution is 0.457. The van der Waals surface area contributed by atoms with E-state index in [1.54, 1.807) is 0 Å². The summed E-state index contributed by atoms with van der Waals surface area (Å²) in [5, 5.41) is 5.16. The Balaban J connectivity index is 1.54. The van der Waals surface area contributed by atoms with Crippen LogP contribution in [0.2, 0.25) is 0 Å². The summed E-state index contributed by atoms with van der Waals surface area (Å²) >= 11 is 1.95. The lowest BCUT2D eigenvalue weighted by Crippen LogP contribution is -2.20. The van der Waals surface area contributed by atoms with Gasteiger partial charge in [0.25, 0.3) is 0 Å². The van der Waals surface area contributed by atoms with Crippen LogP contribution in [0.15, 0.2) is 24.3 Å². The van der Waals surface area contributed by atoms with E-state index in [2.05, 4.69) is 43.4 Å². The van der Waals surface area contributed by atoms with Crippen LogP contribution in [0.25, 0.3) is 10.1 Å². The van der Waals surface area contributed by atoms with Gasteiger partial charge in [-0.15, -0.1) is 11.3 Å². The second-order valence-corrected chi connectivity index (χ2v) is 7.64. The molecule has 2 aromatic rings. The quantitative estimate of drug-likeness (QED) is 0.662. The highest BCUT2D eigenvalue weighted by Gasteiger charge is 2.16. The summed E-state index contributed by atoms with van der Waals surface area (Å²) < 4.78 is 1.42. The second kappa shape index (κ2) is 6.93. The van der Waals surface area contributed by atoms with Crippen molar-refractivity contribution in [2.45, 2.75) is 58.4 Å². The Hall–Kier alpha value is -0.860. The van der Waals surface area contributed by atoms with Gasteiger partial charge < -0.3 is 5.32 Å². The predicted octanol–water partition coefficient (Wildman–Crippen LogP) is 5.83. The first-order valence-electron chi connectivity index (χ1n) is 8.47.